The van der Waals surface area contributed by atoms with Crippen molar-refractivity contribution in [1.29, 1.82) is 0 Å². The van der Waals surface area contributed by atoms with E-state index in [-0.39, 0.29) is 23.8 Å². The van der Waals surface area contributed by atoms with Crippen molar-refractivity contribution in [3.05, 3.63) is 42.0 Å². The molecule has 2 fully saturated rings. The van der Waals surface area contributed by atoms with Crippen molar-refractivity contribution in [3.8, 4) is 17.2 Å². The van der Waals surface area contributed by atoms with Crippen molar-refractivity contribution < 1.29 is 36.1 Å². The lowest BCUT2D eigenvalue weighted by Gasteiger charge is -2.32. The fourth-order valence-corrected chi connectivity index (χ4v) is 8.39. The molecule has 15 heteroatoms. The van der Waals surface area contributed by atoms with Gasteiger partial charge in [0.1, 0.15) is 5.75 Å². The van der Waals surface area contributed by atoms with Gasteiger partial charge in [0.05, 0.1) is 16.4 Å². The minimum atomic E-state index is -3.53. The van der Waals surface area contributed by atoms with E-state index in [2.05, 4.69) is 5.23 Å². The first kappa shape index (κ1) is 30.1. The van der Waals surface area contributed by atoms with Crippen molar-refractivity contribution >= 4 is 27.1 Å². The van der Waals surface area contributed by atoms with Crippen LogP contribution in [0, 0.1) is 0 Å². The predicted octanol–water partition coefficient (Wildman–Crippen LogP) is 1.00. The van der Waals surface area contributed by atoms with Crippen LogP contribution < -0.4 is 25.2 Å². The summed E-state index contributed by atoms with van der Waals surface area (Å²) in [5, 5.41) is 12.4. The molecule has 0 unspecified atom stereocenters. The number of nitrogens with two attached hydrogens (primary N) is 1. The molecule has 12 nitrogen and oxygen atoms in total. The molecule has 2 aromatic rings. The van der Waals surface area contributed by atoms with Gasteiger partial charge in [-0.15, -0.1) is 0 Å². The molecule has 2 saturated heterocycles. The summed E-state index contributed by atoms with van der Waals surface area (Å²) in [5.41, 5.74) is 6.80. The highest BCUT2D eigenvalue weighted by Crippen LogP contribution is 2.35. The summed E-state index contributed by atoms with van der Waals surface area (Å²) in [7, 11) is -7.49. The number of hydrogen-bond acceptors (Lipinski definition) is 10. The molecule has 0 amide bonds. The molecule has 6 rings (SSSR count). The lowest BCUT2D eigenvalue weighted by molar-refractivity contribution is 0.174. The highest BCUT2D eigenvalue weighted by atomic mass is 32.2. The molecule has 0 atom stereocenters. The summed E-state index contributed by atoms with van der Waals surface area (Å²) < 4.78 is 69.3. The molecule has 41 heavy (non-hydrogen) atoms. The Morgan fingerprint density at radius 2 is 1.39 bits per heavy atom. The van der Waals surface area contributed by atoms with E-state index in [0.29, 0.717) is 62.0 Å². The Hall–Kier alpha value is -2.40. The molecule has 0 saturated carbocycles. The molecule has 0 aliphatic carbocycles. The van der Waals surface area contributed by atoms with Crippen molar-refractivity contribution in [2.75, 3.05) is 39.6 Å². The van der Waals surface area contributed by atoms with Gasteiger partial charge in [-0.05, 0) is 68.4 Å². The molecular formula is C26H37BN4O8S2. The van der Waals surface area contributed by atoms with Gasteiger partial charge in [-0.2, -0.15) is 8.61 Å². The highest BCUT2D eigenvalue weighted by Gasteiger charge is 2.32. The van der Waals surface area contributed by atoms with E-state index >= 15 is 0 Å². The first-order valence-corrected chi connectivity index (χ1v) is 16.8. The molecule has 224 valence electrons. The van der Waals surface area contributed by atoms with Gasteiger partial charge in [-0.25, -0.2) is 16.8 Å². The van der Waals surface area contributed by atoms with E-state index in [1.165, 1.54) is 14.7 Å². The summed E-state index contributed by atoms with van der Waals surface area (Å²) in [6, 6.07) is 10.1. The Kier molecular flexibility index (Phi) is 9.14. The van der Waals surface area contributed by atoms with Crippen LogP contribution in [0.1, 0.15) is 31.2 Å². The average Bonchev–Trinajstić information content (AvgIpc) is 3.62. The second-order valence-electron chi connectivity index (χ2n) is 10.6. The van der Waals surface area contributed by atoms with Crippen LogP contribution in [0.15, 0.2) is 46.2 Å². The second kappa shape index (κ2) is 12.5. The Morgan fingerprint density at radius 1 is 0.829 bits per heavy atom. The lowest BCUT2D eigenvalue weighted by atomic mass is 9.85. The predicted molar refractivity (Wildman–Crippen MR) is 153 cm³/mol. The van der Waals surface area contributed by atoms with Crippen LogP contribution in [0.4, 0.5) is 0 Å². The monoisotopic (exact) mass is 608 g/mol. The van der Waals surface area contributed by atoms with E-state index < -0.39 is 27.1 Å². The van der Waals surface area contributed by atoms with Crippen LogP contribution in [0.25, 0.3) is 0 Å². The van der Waals surface area contributed by atoms with E-state index in [4.69, 9.17) is 19.9 Å². The Labute approximate surface area is 242 Å². The van der Waals surface area contributed by atoms with E-state index in [1.54, 1.807) is 37.2 Å². The number of hydrogen-bond donors (Lipinski definition) is 3. The maximum absolute atomic E-state index is 12.7. The topological polar surface area (TPSA) is 161 Å². The largest absolute Gasteiger partial charge is 0.493 e. The zero-order chi connectivity index (χ0) is 29.2. The van der Waals surface area contributed by atoms with Crippen LogP contribution >= 0.6 is 0 Å². The summed E-state index contributed by atoms with van der Waals surface area (Å²) in [5.74, 6) is 1.84. The van der Waals surface area contributed by atoms with E-state index in [0.717, 1.165) is 30.6 Å². The fraction of sp³-hybridized carbons (Fsp3) is 0.538. The Bertz CT molecular complexity index is 1440. The third kappa shape index (κ3) is 6.82. The first-order valence-electron chi connectivity index (χ1n) is 13.9. The minimum Gasteiger partial charge on any atom is -0.493 e. The summed E-state index contributed by atoms with van der Waals surface area (Å²) >= 11 is 0. The molecule has 4 aliphatic rings. The fourth-order valence-electron chi connectivity index (χ4n) is 5.38. The molecule has 0 radical (unpaired) electrons. The van der Waals surface area contributed by atoms with Gasteiger partial charge in [0.2, 0.25) is 26.8 Å². The molecule has 4 N–H and O–H groups in total. The number of rotatable bonds is 6. The quantitative estimate of drug-likeness (QED) is 0.404. The number of nitrogens with one attached hydrogen (secondary N) is 1. The standard InChI is InChI=1S/C13H19BN2O5S.C13H18N2O3S/c1-14(17)15-10-4-6-16(7-5-10)22(18,19)11-2-3-12-13(8-11)21-9-20-12;14-11-3-6-15(7-4-11)19(16,17)12-1-2-13-10(9-12)5-8-18-13/h2-3,8,10,15,17H,4-7,9H2,1H3;1-2,9,11H,3-8,14H2. The van der Waals surface area contributed by atoms with Gasteiger partial charge in [-0.3, -0.25) is 0 Å². The lowest BCUT2D eigenvalue weighted by Crippen LogP contribution is -2.48. The molecule has 4 aliphatic heterocycles. The summed E-state index contributed by atoms with van der Waals surface area (Å²) in [4.78, 5) is 0.589. The molecule has 0 spiro atoms. The minimum absolute atomic E-state index is 0.120. The van der Waals surface area contributed by atoms with Gasteiger partial charge in [0.25, 0.3) is 0 Å². The normalized spacial score (nSPS) is 20.2. The van der Waals surface area contributed by atoms with Gasteiger partial charge in [-0.1, -0.05) is 0 Å². The van der Waals surface area contributed by atoms with Crippen molar-refractivity contribution in [3.63, 3.8) is 0 Å². The van der Waals surface area contributed by atoms with Crippen molar-refractivity contribution in [1.82, 2.24) is 13.8 Å². The van der Waals surface area contributed by atoms with Crippen LogP contribution in [-0.4, -0.2) is 89.2 Å². The number of ether oxygens (including phenoxy) is 3. The molecular weight excluding hydrogens is 571 g/mol. The van der Waals surface area contributed by atoms with Gasteiger partial charge in [0.15, 0.2) is 11.5 Å². The van der Waals surface area contributed by atoms with Crippen molar-refractivity contribution in [2.45, 2.75) is 60.8 Å². The van der Waals surface area contributed by atoms with E-state index in [1.807, 2.05) is 0 Å². The average molecular weight is 609 g/mol. The molecule has 0 aromatic heterocycles. The molecule has 4 heterocycles. The highest BCUT2D eigenvalue weighted by molar-refractivity contribution is 7.89. The smallest absolute Gasteiger partial charge is 0.373 e. The number of fused-ring (bicyclic) bond motifs is 2. The number of sulfonamides is 2. The van der Waals surface area contributed by atoms with Crippen LogP contribution in [0.2, 0.25) is 6.82 Å². The second-order valence-corrected chi connectivity index (χ2v) is 14.5. The van der Waals surface area contributed by atoms with E-state index in [9.17, 15) is 21.9 Å². The number of nitrogens with zero attached hydrogens (tertiary/aromatic N) is 2. The SMILES string of the molecule is CB(O)NC1CCN(S(=O)(=O)c2ccc3c(c2)OCO3)CC1.NC1CCN(S(=O)(=O)c2ccc3c(c2)CCO3)CC1. The van der Waals surface area contributed by atoms with Crippen LogP contribution in [0.5, 0.6) is 17.2 Å². The summed E-state index contributed by atoms with van der Waals surface area (Å²) in [6.45, 7) is 4.30. The van der Waals surface area contributed by atoms with Gasteiger partial charge in [0, 0.05) is 50.7 Å². The third-order valence-electron chi connectivity index (χ3n) is 7.71. The van der Waals surface area contributed by atoms with Gasteiger partial charge < -0.3 is 30.2 Å². The zero-order valence-corrected chi connectivity index (χ0v) is 24.7. The number of benzene rings is 2. The molecule has 0 bridgehead atoms. The van der Waals surface area contributed by atoms with Gasteiger partial charge >= 0.3 is 7.05 Å². The van der Waals surface area contributed by atoms with Crippen LogP contribution in [-0.2, 0) is 26.5 Å². The maximum atomic E-state index is 12.7. The molecule has 2 aromatic carbocycles. The Balaban J connectivity index is 0.000000166. The zero-order valence-electron chi connectivity index (χ0n) is 23.1. The Morgan fingerprint density at radius 3 is 2.02 bits per heavy atom. The summed E-state index contributed by atoms with van der Waals surface area (Å²) in [6.07, 6.45) is 3.59. The third-order valence-corrected chi connectivity index (χ3v) is 11.5. The number of piperidine rings is 2. The first-order chi connectivity index (χ1) is 19.5. The van der Waals surface area contributed by atoms with Crippen molar-refractivity contribution in [2.24, 2.45) is 5.73 Å². The maximum Gasteiger partial charge on any atom is 0.373 e. The van der Waals surface area contributed by atoms with Crippen LogP contribution in [0.3, 0.4) is 0 Å².